The Bertz CT molecular complexity index is 1140. The molecule has 0 N–H and O–H groups in total. The molecule has 0 aliphatic rings. The number of pyridine rings is 2. The zero-order valence-corrected chi connectivity index (χ0v) is 17.4. The minimum absolute atomic E-state index is 0.690. The number of furan rings is 1. The van der Waals surface area contributed by atoms with E-state index in [1.807, 2.05) is 19.2 Å². The molecule has 4 rings (SSSR count). The molecule has 0 aliphatic carbocycles. The number of allylic oxidation sites excluding steroid dienone is 1. The van der Waals surface area contributed by atoms with Crippen molar-refractivity contribution in [1.82, 2.24) is 9.97 Å². The summed E-state index contributed by atoms with van der Waals surface area (Å²) in [4.78, 5) is 9.27. The van der Waals surface area contributed by atoms with Gasteiger partial charge in [0, 0.05) is 28.2 Å². The maximum Gasteiger partial charge on any atom is 0.227 e. The van der Waals surface area contributed by atoms with E-state index in [1.165, 1.54) is 36.8 Å². The third kappa shape index (κ3) is 4.40. The topological polar surface area (TPSA) is 38.9 Å². The summed E-state index contributed by atoms with van der Waals surface area (Å²) in [5.74, 6) is 0. The minimum atomic E-state index is 0.690. The van der Waals surface area contributed by atoms with Gasteiger partial charge >= 0.3 is 0 Å². The highest BCUT2D eigenvalue weighted by molar-refractivity contribution is 6.08. The largest absolute Gasteiger partial charge is 0.437 e. The van der Waals surface area contributed by atoms with Crippen LogP contribution in [0.25, 0.3) is 33.3 Å². The number of para-hydroxylation sites is 1. The lowest BCUT2D eigenvalue weighted by atomic mass is 10.0. The summed E-state index contributed by atoms with van der Waals surface area (Å²) in [6, 6.07) is 14.6. The van der Waals surface area contributed by atoms with Gasteiger partial charge in [-0.1, -0.05) is 36.6 Å². The van der Waals surface area contributed by atoms with Crippen LogP contribution in [0.1, 0.15) is 50.3 Å². The molecule has 3 heterocycles. The van der Waals surface area contributed by atoms with Crippen molar-refractivity contribution in [2.24, 2.45) is 0 Å². The quantitative estimate of drug-likeness (QED) is 0.234. The Kier molecular flexibility index (Phi) is 5.75. The SMILES string of the molecule is C=C(C)CCCCCCc1ccc(-c2cccc3c2oc2nc(C)ccc23)nc1. The Morgan fingerprint density at radius 2 is 1.83 bits per heavy atom. The van der Waals surface area contributed by atoms with Gasteiger partial charge in [0.05, 0.1) is 5.69 Å². The molecule has 0 saturated heterocycles. The average Bonchev–Trinajstić information content (AvgIpc) is 3.08. The molecule has 1 aromatic carbocycles. The lowest BCUT2D eigenvalue weighted by Gasteiger charge is -2.05. The molecule has 4 aromatic rings. The molecule has 0 bridgehead atoms. The van der Waals surface area contributed by atoms with Crippen molar-refractivity contribution in [3.63, 3.8) is 0 Å². The Balaban J connectivity index is 1.48. The Morgan fingerprint density at radius 3 is 2.62 bits per heavy atom. The van der Waals surface area contributed by atoms with Gasteiger partial charge < -0.3 is 4.42 Å². The summed E-state index contributed by atoms with van der Waals surface area (Å²) in [5, 5.41) is 2.14. The fraction of sp³-hybridized carbons (Fsp3) is 0.308. The van der Waals surface area contributed by atoms with Crippen LogP contribution in [0.3, 0.4) is 0 Å². The van der Waals surface area contributed by atoms with Crippen molar-refractivity contribution in [2.75, 3.05) is 0 Å². The van der Waals surface area contributed by atoms with E-state index in [0.29, 0.717) is 5.71 Å². The van der Waals surface area contributed by atoms with E-state index < -0.39 is 0 Å². The number of nitrogens with zero attached hydrogens (tertiary/aromatic N) is 2. The van der Waals surface area contributed by atoms with Crippen LogP contribution < -0.4 is 0 Å². The molecule has 3 aromatic heterocycles. The highest BCUT2D eigenvalue weighted by Crippen LogP contribution is 2.34. The summed E-state index contributed by atoms with van der Waals surface area (Å²) < 4.78 is 6.11. The highest BCUT2D eigenvalue weighted by atomic mass is 16.3. The number of aryl methyl sites for hydroxylation is 2. The van der Waals surface area contributed by atoms with Crippen molar-refractivity contribution >= 4 is 22.1 Å². The van der Waals surface area contributed by atoms with Crippen molar-refractivity contribution in [3.05, 3.63) is 72.1 Å². The molecule has 0 saturated carbocycles. The number of hydrogen-bond donors (Lipinski definition) is 0. The molecule has 0 aliphatic heterocycles. The van der Waals surface area contributed by atoms with Gasteiger partial charge in [0.25, 0.3) is 0 Å². The molecule has 148 valence electrons. The van der Waals surface area contributed by atoms with Crippen LogP contribution in [0, 0.1) is 6.92 Å². The Morgan fingerprint density at radius 1 is 0.966 bits per heavy atom. The first-order valence-electron chi connectivity index (χ1n) is 10.5. The van der Waals surface area contributed by atoms with Crippen LogP contribution in [-0.4, -0.2) is 9.97 Å². The summed E-state index contributed by atoms with van der Waals surface area (Å²) in [7, 11) is 0. The number of benzene rings is 1. The molecule has 0 radical (unpaired) electrons. The van der Waals surface area contributed by atoms with Gasteiger partial charge in [-0.05, 0) is 69.4 Å². The molecule has 3 nitrogen and oxygen atoms in total. The van der Waals surface area contributed by atoms with Crippen LogP contribution in [0.15, 0.2) is 65.2 Å². The van der Waals surface area contributed by atoms with Crippen LogP contribution in [-0.2, 0) is 6.42 Å². The van der Waals surface area contributed by atoms with Gasteiger partial charge in [0.1, 0.15) is 5.58 Å². The Hall–Kier alpha value is -2.94. The average molecular weight is 385 g/mol. The van der Waals surface area contributed by atoms with Gasteiger partial charge in [-0.3, -0.25) is 4.98 Å². The number of unbranched alkanes of at least 4 members (excludes halogenated alkanes) is 3. The van der Waals surface area contributed by atoms with Gasteiger partial charge in [-0.2, -0.15) is 0 Å². The number of rotatable bonds is 8. The van der Waals surface area contributed by atoms with Crippen molar-refractivity contribution in [2.45, 2.75) is 52.4 Å². The fourth-order valence-electron chi connectivity index (χ4n) is 3.81. The van der Waals surface area contributed by atoms with E-state index in [-0.39, 0.29) is 0 Å². The normalized spacial score (nSPS) is 11.4. The third-order valence-corrected chi connectivity index (χ3v) is 5.42. The monoisotopic (exact) mass is 384 g/mol. The fourth-order valence-corrected chi connectivity index (χ4v) is 3.81. The molecular formula is C26H28N2O. The van der Waals surface area contributed by atoms with E-state index in [0.717, 1.165) is 46.1 Å². The van der Waals surface area contributed by atoms with Gasteiger partial charge in [0.2, 0.25) is 5.71 Å². The second-order valence-corrected chi connectivity index (χ2v) is 8.01. The standard InChI is InChI=1S/C26H28N2O/c1-18(2)9-6-4-5-7-10-20-14-16-24(27-17-20)23-12-8-11-21-22-15-13-19(3)28-26(22)29-25(21)23/h8,11-17H,1,4-7,9-10H2,2-3H3. The smallest absolute Gasteiger partial charge is 0.227 e. The van der Waals surface area contributed by atoms with E-state index in [9.17, 15) is 0 Å². The third-order valence-electron chi connectivity index (χ3n) is 5.42. The number of fused-ring (bicyclic) bond motifs is 3. The maximum absolute atomic E-state index is 6.11. The van der Waals surface area contributed by atoms with E-state index >= 15 is 0 Å². The van der Waals surface area contributed by atoms with E-state index in [2.05, 4.69) is 54.9 Å². The van der Waals surface area contributed by atoms with Crippen molar-refractivity contribution < 1.29 is 4.42 Å². The zero-order valence-electron chi connectivity index (χ0n) is 17.4. The first-order valence-corrected chi connectivity index (χ1v) is 10.5. The first-order chi connectivity index (χ1) is 14.1. The molecule has 29 heavy (non-hydrogen) atoms. The van der Waals surface area contributed by atoms with E-state index in [1.54, 1.807) is 0 Å². The zero-order chi connectivity index (χ0) is 20.2. The predicted molar refractivity (Wildman–Crippen MR) is 121 cm³/mol. The lowest BCUT2D eigenvalue weighted by molar-refractivity contribution is 0.638. The lowest BCUT2D eigenvalue weighted by Crippen LogP contribution is -1.90. The van der Waals surface area contributed by atoms with Crippen molar-refractivity contribution in [1.29, 1.82) is 0 Å². The summed E-state index contributed by atoms with van der Waals surface area (Å²) in [5.41, 5.74) is 7.05. The molecular weight excluding hydrogens is 356 g/mol. The highest BCUT2D eigenvalue weighted by Gasteiger charge is 2.13. The van der Waals surface area contributed by atoms with Gasteiger partial charge in [-0.15, -0.1) is 6.58 Å². The number of hydrogen-bond acceptors (Lipinski definition) is 3. The predicted octanol–water partition coefficient (Wildman–Crippen LogP) is 7.42. The van der Waals surface area contributed by atoms with Crippen molar-refractivity contribution in [3.8, 4) is 11.3 Å². The van der Waals surface area contributed by atoms with Crippen LogP contribution in [0.4, 0.5) is 0 Å². The first kappa shape index (κ1) is 19.4. The second-order valence-electron chi connectivity index (χ2n) is 8.01. The minimum Gasteiger partial charge on any atom is -0.437 e. The summed E-state index contributed by atoms with van der Waals surface area (Å²) in [6.07, 6.45) is 9.24. The molecule has 0 spiro atoms. The molecule has 0 atom stereocenters. The van der Waals surface area contributed by atoms with E-state index in [4.69, 9.17) is 9.40 Å². The van der Waals surface area contributed by atoms with Crippen LogP contribution in [0.5, 0.6) is 0 Å². The maximum atomic E-state index is 6.11. The Labute approximate surface area is 172 Å². The van der Waals surface area contributed by atoms with Gasteiger partial charge in [0.15, 0.2) is 0 Å². The summed E-state index contributed by atoms with van der Waals surface area (Å²) >= 11 is 0. The molecule has 3 heteroatoms. The molecule has 0 fully saturated rings. The van der Waals surface area contributed by atoms with Crippen LogP contribution in [0.2, 0.25) is 0 Å². The number of aromatic nitrogens is 2. The molecule has 0 amide bonds. The second kappa shape index (κ2) is 8.60. The molecule has 0 unspecified atom stereocenters. The van der Waals surface area contributed by atoms with Gasteiger partial charge in [-0.25, -0.2) is 4.98 Å². The van der Waals surface area contributed by atoms with Crippen LogP contribution >= 0.6 is 0 Å². The summed E-state index contributed by atoms with van der Waals surface area (Å²) in [6.45, 7) is 8.06.